The van der Waals surface area contributed by atoms with Crippen molar-refractivity contribution in [3.8, 4) is 5.75 Å². The highest BCUT2D eigenvalue weighted by Gasteiger charge is 2.52. The van der Waals surface area contributed by atoms with Gasteiger partial charge in [-0.15, -0.1) is 0 Å². The number of pyridine rings is 1. The van der Waals surface area contributed by atoms with Gasteiger partial charge in [-0.25, -0.2) is 0 Å². The minimum Gasteiger partial charge on any atom is -0.491 e. The second-order valence-corrected chi connectivity index (χ2v) is 7.06. The van der Waals surface area contributed by atoms with E-state index >= 15 is 0 Å². The van der Waals surface area contributed by atoms with Gasteiger partial charge in [-0.1, -0.05) is 0 Å². The molecular weight excluding hydrogens is 320 g/mol. The van der Waals surface area contributed by atoms with Crippen LogP contribution in [-0.4, -0.2) is 48.7 Å². The van der Waals surface area contributed by atoms with E-state index in [9.17, 15) is 4.79 Å². The zero-order chi connectivity index (χ0) is 17.4. The summed E-state index contributed by atoms with van der Waals surface area (Å²) >= 11 is 0. The lowest BCUT2D eigenvalue weighted by molar-refractivity contribution is 0.0658. The van der Waals surface area contributed by atoms with Gasteiger partial charge >= 0.3 is 0 Å². The third-order valence-corrected chi connectivity index (χ3v) is 5.24. The molecule has 0 bridgehead atoms. The smallest absolute Gasteiger partial charge is 0.257 e. The molecule has 0 aliphatic carbocycles. The molecule has 2 aliphatic rings. The number of hydrogen-bond donors (Lipinski definition) is 0. The van der Waals surface area contributed by atoms with Gasteiger partial charge in [0.1, 0.15) is 17.3 Å². The van der Waals surface area contributed by atoms with Crippen LogP contribution in [0.4, 0.5) is 0 Å². The van der Waals surface area contributed by atoms with Gasteiger partial charge < -0.3 is 18.8 Å². The predicted octanol–water partition coefficient (Wildman–Crippen LogP) is 2.46. The number of rotatable bonds is 4. The van der Waals surface area contributed by atoms with Gasteiger partial charge in [-0.2, -0.15) is 0 Å². The second kappa shape index (κ2) is 6.19. The Morgan fingerprint density at radius 3 is 3.08 bits per heavy atom. The van der Waals surface area contributed by atoms with Crippen molar-refractivity contribution in [3.05, 3.63) is 47.7 Å². The number of hydrogen-bond acceptors (Lipinski definition) is 5. The van der Waals surface area contributed by atoms with Gasteiger partial charge in [0.05, 0.1) is 37.0 Å². The fourth-order valence-electron chi connectivity index (χ4n) is 3.86. The fourth-order valence-corrected chi connectivity index (χ4v) is 3.86. The number of ether oxygens (including phenoxy) is 2. The summed E-state index contributed by atoms with van der Waals surface area (Å²) in [6, 6.07) is 5.56. The summed E-state index contributed by atoms with van der Waals surface area (Å²) in [6.45, 7) is 6.84. The molecule has 2 atom stereocenters. The molecule has 6 heteroatoms. The average molecular weight is 342 g/mol. The molecule has 0 radical (unpaired) electrons. The van der Waals surface area contributed by atoms with Crippen LogP contribution in [0.25, 0.3) is 0 Å². The molecule has 6 nitrogen and oxygen atoms in total. The molecule has 4 heterocycles. The van der Waals surface area contributed by atoms with Crippen molar-refractivity contribution in [2.75, 3.05) is 32.9 Å². The van der Waals surface area contributed by atoms with Crippen LogP contribution in [0, 0.1) is 25.2 Å². The Hall–Kier alpha value is -2.34. The Morgan fingerprint density at radius 2 is 2.36 bits per heavy atom. The average Bonchev–Trinajstić information content (AvgIpc) is 3.25. The number of aromatic nitrogens is 1. The van der Waals surface area contributed by atoms with Crippen molar-refractivity contribution in [1.29, 1.82) is 0 Å². The summed E-state index contributed by atoms with van der Waals surface area (Å²) in [4.78, 5) is 18.9. The highest BCUT2D eigenvalue weighted by molar-refractivity contribution is 5.95. The normalized spacial score (nSPS) is 25.2. The first kappa shape index (κ1) is 16.1. The quantitative estimate of drug-likeness (QED) is 0.854. The summed E-state index contributed by atoms with van der Waals surface area (Å²) < 4.78 is 17.2. The third kappa shape index (κ3) is 2.91. The van der Waals surface area contributed by atoms with E-state index in [-0.39, 0.29) is 11.3 Å². The summed E-state index contributed by atoms with van der Waals surface area (Å²) in [5, 5.41) is 0. The van der Waals surface area contributed by atoms with E-state index < -0.39 is 0 Å². The van der Waals surface area contributed by atoms with Crippen LogP contribution in [0.1, 0.15) is 21.9 Å². The van der Waals surface area contributed by atoms with E-state index in [0.29, 0.717) is 50.2 Å². The Balaban J connectivity index is 1.49. The summed E-state index contributed by atoms with van der Waals surface area (Å²) in [5.74, 6) is 2.51. The maximum absolute atomic E-state index is 12.9. The number of nitrogens with zero attached hydrogens (tertiary/aromatic N) is 2. The number of fused-ring (bicyclic) bond motifs is 1. The minimum absolute atomic E-state index is 0.0319. The number of aryl methyl sites for hydroxylation is 2. The standard InChI is InChI=1S/C19H22N2O4/c1-13-6-17(14(2)25-13)18(22)21-8-15-9-23-11-19(15,10-21)12-24-16-4-3-5-20-7-16/h3-7,15H,8-12H2,1-2H3/t15-,19+/m1/s1. The monoisotopic (exact) mass is 342 g/mol. The molecule has 4 rings (SSSR count). The van der Waals surface area contributed by atoms with Crippen molar-refractivity contribution >= 4 is 5.91 Å². The van der Waals surface area contributed by atoms with E-state index in [1.165, 1.54) is 0 Å². The van der Waals surface area contributed by atoms with Crippen LogP contribution < -0.4 is 4.74 Å². The summed E-state index contributed by atoms with van der Waals surface area (Å²) in [6.07, 6.45) is 3.43. The van der Waals surface area contributed by atoms with Gasteiger partial charge in [-0.05, 0) is 32.0 Å². The highest BCUT2D eigenvalue weighted by Crippen LogP contribution is 2.42. The van der Waals surface area contributed by atoms with Gasteiger partial charge in [0.15, 0.2) is 0 Å². The van der Waals surface area contributed by atoms with Crippen molar-refractivity contribution in [3.63, 3.8) is 0 Å². The van der Waals surface area contributed by atoms with Gasteiger partial charge in [0.2, 0.25) is 0 Å². The third-order valence-electron chi connectivity index (χ3n) is 5.24. The molecule has 0 spiro atoms. The molecule has 0 aromatic carbocycles. The van der Waals surface area contributed by atoms with Crippen molar-refractivity contribution in [2.45, 2.75) is 13.8 Å². The lowest BCUT2D eigenvalue weighted by atomic mass is 9.82. The van der Waals surface area contributed by atoms with E-state index in [0.717, 1.165) is 11.5 Å². The first-order valence-electron chi connectivity index (χ1n) is 8.54. The van der Waals surface area contributed by atoms with E-state index in [2.05, 4.69) is 4.98 Å². The van der Waals surface area contributed by atoms with E-state index in [4.69, 9.17) is 13.9 Å². The summed E-state index contributed by atoms with van der Waals surface area (Å²) in [7, 11) is 0. The van der Waals surface area contributed by atoms with E-state index in [1.807, 2.05) is 36.9 Å². The zero-order valence-corrected chi connectivity index (χ0v) is 14.5. The molecule has 25 heavy (non-hydrogen) atoms. The van der Waals surface area contributed by atoms with Crippen LogP contribution in [0.5, 0.6) is 5.75 Å². The Morgan fingerprint density at radius 1 is 1.48 bits per heavy atom. The molecule has 2 aromatic rings. The topological polar surface area (TPSA) is 64.8 Å². The highest BCUT2D eigenvalue weighted by atomic mass is 16.5. The first-order valence-corrected chi connectivity index (χ1v) is 8.54. The molecule has 0 unspecified atom stereocenters. The Bertz CT molecular complexity index is 773. The molecule has 2 aromatic heterocycles. The fraction of sp³-hybridized carbons (Fsp3) is 0.474. The number of furan rings is 1. The van der Waals surface area contributed by atoms with Gasteiger partial charge in [0, 0.05) is 25.2 Å². The minimum atomic E-state index is -0.155. The maximum Gasteiger partial charge on any atom is 0.257 e. The van der Waals surface area contributed by atoms with Crippen LogP contribution >= 0.6 is 0 Å². The largest absolute Gasteiger partial charge is 0.491 e. The van der Waals surface area contributed by atoms with Crippen molar-refractivity contribution in [1.82, 2.24) is 9.88 Å². The molecule has 1 amide bonds. The second-order valence-electron chi connectivity index (χ2n) is 7.06. The molecule has 2 saturated heterocycles. The molecule has 0 saturated carbocycles. The van der Waals surface area contributed by atoms with Crippen LogP contribution in [0.3, 0.4) is 0 Å². The van der Waals surface area contributed by atoms with Crippen molar-refractivity contribution in [2.24, 2.45) is 11.3 Å². The van der Waals surface area contributed by atoms with Crippen LogP contribution in [0.15, 0.2) is 35.0 Å². The van der Waals surface area contributed by atoms with Gasteiger partial charge in [0.25, 0.3) is 5.91 Å². The molecular formula is C19H22N2O4. The predicted molar refractivity (Wildman–Crippen MR) is 90.6 cm³/mol. The number of carbonyl (C=O) groups excluding carboxylic acids is 1. The number of carbonyl (C=O) groups is 1. The Labute approximate surface area is 146 Å². The molecule has 2 fully saturated rings. The van der Waals surface area contributed by atoms with Crippen molar-refractivity contribution < 1.29 is 18.7 Å². The number of likely N-dealkylation sites (tertiary alicyclic amines) is 1. The van der Waals surface area contributed by atoms with Crippen LogP contribution in [0.2, 0.25) is 0 Å². The van der Waals surface area contributed by atoms with Gasteiger partial charge in [-0.3, -0.25) is 9.78 Å². The Kier molecular flexibility index (Phi) is 4.00. The maximum atomic E-state index is 12.9. The lowest BCUT2D eigenvalue weighted by Gasteiger charge is -2.27. The lowest BCUT2D eigenvalue weighted by Crippen LogP contribution is -2.38. The SMILES string of the molecule is Cc1cc(C(=O)N2C[C@@H]3COC[C@]3(COc3cccnc3)C2)c(C)o1. The summed E-state index contributed by atoms with van der Waals surface area (Å²) in [5.41, 5.74) is 0.500. The first-order chi connectivity index (χ1) is 12.1. The zero-order valence-electron chi connectivity index (χ0n) is 14.5. The molecule has 0 N–H and O–H groups in total. The molecule has 2 aliphatic heterocycles. The molecule has 132 valence electrons. The van der Waals surface area contributed by atoms with E-state index in [1.54, 1.807) is 12.4 Å². The number of amides is 1. The van der Waals surface area contributed by atoms with Crippen LogP contribution in [-0.2, 0) is 4.74 Å².